The minimum atomic E-state index is -1.26. The van der Waals surface area contributed by atoms with Crippen molar-refractivity contribution < 1.29 is 24.5 Å². The lowest BCUT2D eigenvalue weighted by molar-refractivity contribution is -0.134. The average Bonchev–Trinajstić information content (AvgIpc) is 3.25. The third-order valence-electron chi connectivity index (χ3n) is 3.96. The van der Waals surface area contributed by atoms with E-state index in [1.807, 2.05) is 7.05 Å². The average molecular weight is 413 g/mol. The zero-order valence-corrected chi connectivity index (χ0v) is 16.8. The third-order valence-corrected chi connectivity index (χ3v) is 4.66. The Labute approximate surface area is 173 Å². The van der Waals surface area contributed by atoms with Gasteiger partial charge in [0.1, 0.15) is 11.9 Å². The second-order valence-corrected chi connectivity index (χ2v) is 6.82. The van der Waals surface area contributed by atoms with Gasteiger partial charge in [-0.05, 0) is 41.9 Å². The molecule has 0 saturated carbocycles. The maximum atomic E-state index is 9.55. The summed E-state index contributed by atoms with van der Waals surface area (Å²) in [5.74, 6) is -1.56. The van der Waals surface area contributed by atoms with Crippen molar-refractivity contribution in [2.45, 2.75) is 12.5 Å². The molecule has 0 aliphatic carbocycles. The standard InChI is InChI=1S/C18H19NOS.C4H4O4/c1-19-11-9-17(15-10-12-21-13-15)20-18-8-4-6-14-5-2-3-7-16(14)18;5-3(6)1-2-4(7)8/h2-8,10,12-13,17,19H,9,11H2,1H3;1-2H,(H,5,6)(H,7,8)/b;2-1+/t17-;/m0./s1. The van der Waals surface area contributed by atoms with Gasteiger partial charge < -0.3 is 20.3 Å². The van der Waals surface area contributed by atoms with Crippen LogP contribution in [0.5, 0.6) is 5.75 Å². The maximum absolute atomic E-state index is 9.55. The van der Waals surface area contributed by atoms with E-state index in [1.54, 1.807) is 11.3 Å². The fourth-order valence-corrected chi connectivity index (χ4v) is 3.32. The molecule has 3 rings (SSSR count). The summed E-state index contributed by atoms with van der Waals surface area (Å²) in [6.45, 7) is 0.936. The van der Waals surface area contributed by atoms with Gasteiger partial charge in [0.15, 0.2) is 0 Å². The van der Waals surface area contributed by atoms with E-state index in [4.69, 9.17) is 14.9 Å². The Morgan fingerprint density at radius 1 is 1.07 bits per heavy atom. The molecule has 29 heavy (non-hydrogen) atoms. The topological polar surface area (TPSA) is 95.9 Å². The molecule has 0 fully saturated rings. The second-order valence-electron chi connectivity index (χ2n) is 6.04. The molecule has 6 nitrogen and oxygen atoms in total. The van der Waals surface area contributed by atoms with Crippen LogP contribution in [0.4, 0.5) is 0 Å². The zero-order chi connectivity index (χ0) is 21.1. The van der Waals surface area contributed by atoms with Crippen LogP contribution in [0.2, 0.25) is 0 Å². The first kappa shape index (κ1) is 22.1. The van der Waals surface area contributed by atoms with Crippen molar-refractivity contribution in [3.05, 3.63) is 77.0 Å². The number of rotatable bonds is 8. The van der Waals surface area contributed by atoms with Crippen LogP contribution in [0.3, 0.4) is 0 Å². The highest BCUT2D eigenvalue weighted by Crippen LogP contribution is 2.31. The monoisotopic (exact) mass is 413 g/mol. The predicted molar refractivity (Wildman–Crippen MR) is 115 cm³/mol. The number of nitrogens with one attached hydrogen (secondary N) is 1. The highest BCUT2D eigenvalue weighted by atomic mass is 32.1. The van der Waals surface area contributed by atoms with Crippen molar-refractivity contribution in [2.75, 3.05) is 13.6 Å². The molecule has 152 valence electrons. The van der Waals surface area contributed by atoms with E-state index in [1.165, 1.54) is 16.3 Å². The lowest BCUT2D eigenvalue weighted by Crippen LogP contribution is -2.16. The number of carboxylic acid groups (broad SMARTS) is 2. The Balaban J connectivity index is 0.000000321. The fraction of sp³-hybridized carbons (Fsp3) is 0.182. The van der Waals surface area contributed by atoms with Gasteiger partial charge >= 0.3 is 11.9 Å². The first-order chi connectivity index (χ1) is 14.0. The van der Waals surface area contributed by atoms with Gasteiger partial charge in [-0.15, -0.1) is 0 Å². The van der Waals surface area contributed by atoms with E-state index in [9.17, 15) is 9.59 Å². The van der Waals surface area contributed by atoms with Crippen LogP contribution in [0.1, 0.15) is 18.1 Å². The van der Waals surface area contributed by atoms with Crippen molar-refractivity contribution in [2.24, 2.45) is 0 Å². The number of hydrogen-bond acceptors (Lipinski definition) is 5. The van der Waals surface area contributed by atoms with Crippen LogP contribution < -0.4 is 10.1 Å². The summed E-state index contributed by atoms with van der Waals surface area (Å²) in [5.41, 5.74) is 1.25. The van der Waals surface area contributed by atoms with E-state index >= 15 is 0 Å². The van der Waals surface area contributed by atoms with Crippen LogP contribution in [-0.4, -0.2) is 35.7 Å². The molecule has 3 N–H and O–H groups in total. The molecule has 3 aromatic rings. The third kappa shape index (κ3) is 7.40. The molecule has 0 aliphatic heterocycles. The molecule has 0 radical (unpaired) electrons. The van der Waals surface area contributed by atoms with Crippen LogP contribution in [0.25, 0.3) is 10.8 Å². The van der Waals surface area contributed by atoms with Crippen molar-refractivity contribution >= 4 is 34.0 Å². The summed E-state index contributed by atoms with van der Waals surface area (Å²) in [6.07, 6.45) is 2.16. The number of thiophene rings is 1. The molecular formula is C22H23NO5S. The Morgan fingerprint density at radius 3 is 2.38 bits per heavy atom. The van der Waals surface area contributed by atoms with Crippen molar-refractivity contribution in [1.82, 2.24) is 5.32 Å². The number of ether oxygens (including phenoxy) is 1. The minimum Gasteiger partial charge on any atom is -0.485 e. The van der Waals surface area contributed by atoms with Gasteiger partial charge in [-0.25, -0.2) is 9.59 Å². The molecule has 0 bridgehead atoms. The number of aliphatic carboxylic acids is 2. The lowest BCUT2D eigenvalue weighted by Gasteiger charge is -2.19. The van der Waals surface area contributed by atoms with E-state index in [0.717, 1.165) is 18.7 Å². The molecule has 1 aromatic heterocycles. The molecular weight excluding hydrogens is 390 g/mol. The van der Waals surface area contributed by atoms with Gasteiger partial charge in [0.2, 0.25) is 0 Å². The quantitative estimate of drug-likeness (QED) is 0.476. The number of carbonyl (C=O) groups is 2. The van der Waals surface area contributed by atoms with Crippen LogP contribution in [0, 0.1) is 0 Å². The molecule has 0 aliphatic rings. The summed E-state index contributed by atoms with van der Waals surface area (Å²) in [4.78, 5) is 19.1. The first-order valence-electron chi connectivity index (χ1n) is 8.96. The van der Waals surface area contributed by atoms with E-state index in [0.29, 0.717) is 12.2 Å². The maximum Gasteiger partial charge on any atom is 0.328 e. The Hall–Kier alpha value is -3.16. The molecule has 0 amide bonds. The molecule has 0 spiro atoms. The Morgan fingerprint density at radius 2 is 1.76 bits per heavy atom. The van der Waals surface area contributed by atoms with Gasteiger partial charge in [-0.2, -0.15) is 11.3 Å². The van der Waals surface area contributed by atoms with Crippen molar-refractivity contribution in [1.29, 1.82) is 0 Å². The predicted octanol–water partition coefficient (Wildman–Crippen LogP) is 4.34. The van der Waals surface area contributed by atoms with Crippen LogP contribution in [0.15, 0.2) is 71.4 Å². The molecule has 7 heteroatoms. The highest BCUT2D eigenvalue weighted by Gasteiger charge is 2.14. The minimum absolute atomic E-state index is 0.0921. The Bertz CT molecular complexity index is 932. The summed E-state index contributed by atoms with van der Waals surface area (Å²) in [5, 5.41) is 25.5. The summed E-state index contributed by atoms with van der Waals surface area (Å²) in [6, 6.07) is 16.7. The number of carboxylic acids is 2. The molecule has 1 atom stereocenters. The smallest absolute Gasteiger partial charge is 0.328 e. The largest absolute Gasteiger partial charge is 0.485 e. The normalized spacial score (nSPS) is 11.6. The fourth-order valence-electron chi connectivity index (χ4n) is 2.62. The van der Waals surface area contributed by atoms with Gasteiger partial charge in [0.05, 0.1) is 0 Å². The number of fused-ring (bicyclic) bond motifs is 1. The SMILES string of the molecule is CNCC[C@H](Oc1cccc2ccccc12)c1ccsc1.O=C(O)/C=C/C(=O)O. The Kier molecular flexibility index (Phi) is 8.88. The summed E-state index contributed by atoms with van der Waals surface area (Å²) in [7, 11) is 1.97. The van der Waals surface area contributed by atoms with Gasteiger partial charge in [-0.3, -0.25) is 0 Å². The number of benzene rings is 2. The zero-order valence-electron chi connectivity index (χ0n) is 15.9. The lowest BCUT2D eigenvalue weighted by atomic mass is 10.1. The molecule has 2 aromatic carbocycles. The van der Waals surface area contributed by atoms with Crippen LogP contribution >= 0.6 is 11.3 Å². The van der Waals surface area contributed by atoms with E-state index in [-0.39, 0.29) is 6.10 Å². The number of hydrogen-bond donors (Lipinski definition) is 3. The van der Waals surface area contributed by atoms with E-state index in [2.05, 4.69) is 64.6 Å². The highest BCUT2D eigenvalue weighted by molar-refractivity contribution is 7.07. The molecule has 0 saturated heterocycles. The second kappa shape index (κ2) is 11.6. The van der Waals surface area contributed by atoms with E-state index < -0.39 is 11.9 Å². The first-order valence-corrected chi connectivity index (χ1v) is 9.90. The summed E-state index contributed by atoms with van der Waals surface area (Å²) >= 11 is 1.72. The van der Waals surface area contributed by atoms with Crippen molar-refractivity contribution in [3.8, 4) is 5.75 Å². The summed E-state index contributed by atoms with van der Waals surface area (Å²) < 4.78 is 6.34. The van der Waals surface area contributed by atoms with Crippen LogP contribution in [-0.2, 0) is 9.59 Å². The molecule has 0 unspecified atom stereocenters. The van der Waals surface area contributed by atoms with Gasteiger partial charge in [0.25, 0.3) is 0 Å². The van der Waals surface area contributed by atoms with Gasteiger partial charge in [0, 0.05) is 29.5 Å². The molecule has 1 heterocycles. The van der Waals surface area contributed by atoms with Crippen molar-refractivity contribution in [3.63, 3.8) is 0 Å². The van der Waals surface area contributed by atoms with Gasteiger partial charge in [-0.1, -0.05) is 36.4 Å².